The smallest absolute Gasteiger partial charge is 0.236 e. The average molecular weight is 281 g/mol. The summed E-state index contributed by atoms with van der Waals surface area (Å²) in [6, 6.07) is 3.45. The van der Waals surface area contributed by atoms with Gasteiger partial charge in [0.25, 0.3) is 0 Å². The highest BCUT2D eigenvalue weighted by atomic mass is 16.5. The monoisotopic (exact) mass is 281 g/mol. The number of nitrogens with zero attached hydrogens (tertiary/aromatic N) is 1. The van der Waals surface area contributed by atoms with Crippen LogP contribution in [0.1, 0.15) is 13.8 Å². The molecule has 0 unspecified atom stereocenters. The van der Waals surface area contributed by atoms with Gasteiger partial charge in [-0.25, -0.2) is 0 Å². The van der Waals surface area contributed by atoms with Crippen molar-refractivity contribution in [3.63, 3.8) is 0 Å². The number of hydrogen-bond acceptors (Lipinski definition) is 5. The van der Waals surface area contributed by atoms with E-state index in [2.05, 4.69) is 13.8 Å². The first-order chi connectivity index (χ1) is 9.38. The van der Waals surface area contributed by atoms with Crippen molar-refractivity contribution in [3.8, 4) is 11.5 Å². The Kier molecular flexibility index (Phi) is 5.49. The molecule has 112 valence electrons. The molecule has 0 radical (unpaired) electrons. The Morgan fingerprint density at radius 2 is 1.80 bits per heavy atom. The maximum Gasteiger partial charge on any atom is 0.236 e. The highest BCUT2D eigenvalue weighted by Gasteiger charge is 2.17. The van der Waals surface area contributed by atoms with Gasteiger partial charge in [-0.05, 0) is 5.92 Å². The van der Waals surface area contributed by atoms with Crippen molar-refractivity contribution >= 4 is 17.3 Å². The molecule has 6 heteroatoms. The van der Waals surface area contributed by atoms with Crippen LogP contribution >= 0.6 is 0 Å². The third-order valence-corrected chi connectivity index (χ3v) is 2.81. The lowest BCUT2D eigenvalue weighted by Gasteiger charge is -2.27. The minimum atomic E-state index is -0.403. The molecule has 0 spiro atoms. The Morgan fingerprint density at radius 3 is 2.25 bits per heavy atom. The van der Waals surface area contributed by atoms with Gasteiger partial charge < -0.3 is 25.8 Å². The summed E-state index contributed by atoms with van der Waals surface area (Å²) in [6.45, 7) is 4.90. The highest BCUT2D eigenvalue weighted by Crippen LogP contribution is 2.36. The first-order valence-corrected chi connectivity index (χ1v) is 6.43. The summed E-state index contributed by atoms with van der Waals surface area (Å²) < 4.78 is 10.5. The Labute approximate surface area is 119 Å². The number of primary amides is 1. The van der Waals surface area contributed by atoms with Crippen LogP contribution in [0.15, 0.2) is 12.1 Å². The van der Waals surface area contributed by atoms with Crippen LogP contribution in [0.4, 0.5) is 11.4 Å². The summed E-state index contributed by atoms with van der Waals surface area (Å²) in [7, 11) is 3.10. The summed E-state index contributed by atoms with van der Waals surface area (Å²) >= 11 is 0. The van der Waals surface area contributed by atoms with E-state index in [1.54, 1.807) is 26.4 Å². The Hall–Kier alpha value is -2.11. The molecule has 0 heterocycles. The maximum atomic E-state index is 11.2. The zero-order chi connectivity index (χ0) is 15.3. The number of carbonyl (C=O) groups excluding carboxylic acids is 1. The fraction of sp³-hybridized carbons (Fsp3) is 0.500. The first kappa shape index (κ1) is 15.9. The molecular weight excluding hydrogens is 258 g/mol. The van der Waals surface area contributed by atoms with Gasteiger partial charge in [0.15, 0.2) is 11.5 Å². The third-order valence-electron chi connectivity index (χ3n) is 2.81. The van der Waals surface area contributed by atoms with E-state index in [-0.39, 0.29) is 6.54 Å². The molecule has 1 rings (SSSR count). The predicted molar refractivity (Wildman–Crippen MR) is 80.2 cm³/mol. The van der Waals surface area contributed by atoms with Gasteiger partial charge in [0.05, 0.1) is 32.1 Å². The first-order valence-electron chi connectivity index (χ1n) is 6.43. The highest BCUT2D eigenvalue weighted by molar-refractivity contribution is 5.82. The molecule has 0 aromatic heterocycles. The molecule has 0 aliphatic heterocycles. The van der Waals surface area contributed by atoms with Crippen molar-refractivity contribution in [2.24, 2.45) is 11.7 Å². The lowest BCUT2D eigenvalue weighted by Crippen LogP contribution is -2.36. The second-order valence-electron chi connectivity index (χ2n) is 5.01. The van der Waals surface area contributed by atoms with Gasteiger partial charge in [0.2, 0.25) is 5.91 Å². The normalized spacial score (nSPS) is 10.4. The number of rotatable bonds is 7. The predicted octanol–water partition coefficient (Wildman–Crippen LogP) is 1.23. The second kappa shape index (κ2) is 6.88. The van der Waals surface area contributed by atoms with Crippen LogP contribution in [-0.4, -0.2) is 33.2 Å². The van der Waals surface area contributed by atoms with Crippen molar-refractivity contribution in [1.29, 1.82) is 0 Å². The molecule has 20 heavy (non-hydrogen) atoms. The Morgan fingerprint density at radius 1 is 1.25 bits per heavy atom. The van der Waals surface area contributed by atoms with Crippen LogP contribution in [0.2, 0.25) is 0 Å². The molecule has 0 atom stereocenters. The number of amides is 1. The number of methoxy groups -OCH3 is 2. The van der Waals surface area contributed by atoms with Gasteiger partial charge in [0, 0.05) is 18.7 Å². The van der Waals surface area contributed by atoms with Crippen molar-refractivity contribution in [2.75, 3.05) is 37.9 Å². The number of carbonyl (C=O) groups is 1. The number of hydrogen-bond donors (Lipinski definition) is 2. The summed E-state index contributed by atoms with van der Waals surface area (Å²) in [6.07, 6.45) is 0. The van der Waals surface area contributed by atoms with E-state index in [1.165, 1.54) is 0 Å². The summed E-state index contributed by atoms with van der Waals surface area (Å²) in [4.78, 5) is 13.1. The van der Waals surface area contributed by atoms with Crippen LogP contribution in [0.5, 0.6) is 11.5 Å². The Bertz CT molecular complexity index is 475. The van der Waals surface area contributed by atoms with E-state index in [0.717, 1.165) is 5.69 Å². The van der Waals surface area contributed by atoms with Gasteiger partial charge in [-0.1, -0.05) is 13.8 Å². The number of ether oxygens (including phenoxy) is 2. The van der Waals surface area contributed by atoms with E-state index in [9.17, 15) is 4.79 Å². The molecule has 0 saturated carbocycles. The van der Waals surface area contributed by atoms with Gasteiger partial charge in [-0.2, -0.15) is 0 Å². The number of nitrogens with two attached hydrogens (primary N) is 2. The topological polar surface area (TPSA) is 90.8 Å². The van der Waals surface area contributed by atoms with Gasteiger partial charge in [-0.15, -0.1) is 0 Å². The average Bonchev–Trinajstić information content (AvgIpc) is 2.36. The largest absolute Gasteiger partial charge is 0.493 e. The standard InChI is InChI=1S/C14H23N3O3/c1-9(2)7-17(8-14(16)18)11-6-13(20-4)12(19-3)5-10(11)15/h5-6,9H,7-8,15H2,1-4H3,(H2,16,18). The molecule has 6 nitrogen and oxygen atoms in total. The fourth-order valence-electron chi connectivity index (χ4n) is 2.03. The van der Waals surface area contributed by atoms with Crippen molar-refractivity contribution in [3.05, 3.63) is 12.1 Å². The summed E-state index contributed by atoms with van der Waals surface area (Å²) in [5, 5.41) is 0. The minimum Gasteiger partial charge on any atom is -0.493 e. The molecule has 4 N–H and O–H groups in total. The molecule has 0 saturated heterocycles. The van der Waals surface area contributed by atoms with E-state index < -0.39 is 5.91 Å². The number of nitrogen functional groups attached to an aromatic ring is 1. The van der Waals surface area contributed by atoms with Crippen LogP contribution in [0.3, 0.4) is 0 Å². The molecule has 0 aliphatic rings. The SMILES string of the molecule is COc1cc(N)c(N(CC(N)=O)CC(C)C)cc1OC. The molecule has 0 bridgehead atoms. The minimum absolute atomic E-state index is 0.109. The number of anilines is 2. The van der Waals surface area contributed by atoms with Gasteiger partial charge in [-0.3, -0.25) is 4.79 Å². The molecule has 1 amide bonds. The molecule has 0 aliphatic carbocycles. The lowest BCUT2D eigenvalue weighted by molar-refractivity contribution is -0.116. The lowest BCUT2D eigenvalue weighted by atomic mass is 10.1. The van der Waals surface area contributed by atoms with E-state index >= 15 is 0 Å². The maximum absolute atomic E-state index is 11.2. The van der Waals surface area contributed by atoms with E-state index in [4.69, 9.17) is 20.9 Å². The zero-order valence-corrected chi connectivity index (χ0v) is 12.5. The fourth-order valence-corrected chi connectivity index (χ4v) is 2.03. The van der Waals surface area contributed by atoms with Crippen LogP contribution in [0, 0.1) is 5.92 Å². The van der Waals surface area contributed by atoms with Crippen molar-refractivity contribution < 1.29 is 14.3 Å². The van der Waals surface area contributed by atoms with Crippen LogP contribution in [-0.2, 0) is 4.79 Å². The molecule has 0 fully saturated rings. The zero-order valence-electron chi connectivity index (χ0n) is 12.5. The van der Waals surface area contributed by atoms with Gasteiger partial charge >= 0.3 is 0 Å². The van der Waals surface area contributed by atoms with Crippen molar-refractivity contribution in [2.45, 2.75) is 13.8 Å². The third kappa shape index (κ3) is 3.94. The van der Waals surface area contributed by atoms with E-state index in [1.807, 2.05) is 4.90 Å². The Balaban J connectivity index is 3.20. The van der Waals surface area contributed by atoms with Crippen LogP contribution < -0.4 is 25.8 Å². The summed E-state index contributed by atoms with van der Waals surface area (Å²) in [5.74, 6) is 1.08. The van der Waals surface area contributed by atoms with Crippen LogP contribution in [0.25, 0.3) is 0 Å². The quantitative estimate of drug-likeness (QED) is 0.734. The molecule has 1 aromatic carbocycles. The summed E-state index contributed by atoms with van der Waals surface area (Å²) in [5.41, 5.74) is 12.6. The number of benzene rings is 1. The second-order valence-corrected chi connectivity index (χ2v) is 5.01. The van der Waals surface area contributed by atoms with Gasteiger partial charge in [0.1, 0.15) is 0 Å². The van der Waals surface area contributed by atoms with E-state index in [0.29, 0.717) is 29.6 Å². The molecular formula is C14H23N3O3. The molecule has 1 aromatic rings. The van der Waals surface area contributed by atoms with Crippen molar-refractivity contribution in [1.82, 2.24) is 0 Å².